The Morgan fingerprint density at radius 1 is 1.21 bits per heavy atom. The largest absolute Gasteiger partial charge is 0.497 e. The third-order valence-electron chi connectivity index (χ3n) is 4.89. The summed E-state index contributed by atoms with van der Waals surface area (Å²) in [6.07, 6.45) is 0.389. The number of carbonyl (C=O) groups excluding carboxylic acids is 1. The molecule has 2 aromatic carbocycles. The van der Waals surface area contributed by atoms with Gasteiger partial charge in [0.25, 0.3) is 5.91 Å². The first kappa shape index (κ1) is 18.5. The second-order valence-electron chi connectivity index (χ2n) is 6.57. The van der Waals surface area contributed by atoms with Gasteiger partial charge in [0.05, 0.1) is 24.1 Å². The van der Waals surface area contributed by atoms with Crippen molar-refractivity contribution in [2.24, 2.45) is 0 Å². The van der Waals surface area contributed by atoms with E-state index in [9.17, 15) is 14.7 Å². The molecule has 1 N–H and O–H groups in total. The van der Waals surface area contributed by atoms with E-state index in [1.165, 1.54) is 0 Å². The van der Waals surface area contributed by atoms with Gasteiger partial charge in [-0.05, 0) is 42.3 Å². The lowest BCUT2D eigenvalue weighted by Crippen LogP contribution is -2.31. The maximum absolute atomic E-state index is 13.3. The maximum Gasteiger partial charge on any atom is 0.290 e. The Morgan fingerprint density at radius 3 is 2.79 bits per heavy atom. The lowest BCUT2D eigenvalue weighted by Gasteiger charge is -2.25. The van der Waals surface area contributed by atoms with E-state index in [1.807, 2.05) is 6.07 Å². The first-order valence-corrected chi connectivity index (χ1v) is 9.25. The molecule has 6 nitrogen and oxygen atoms in total. The fourth-order valence-electron chi connectivity index (χ4n) is 3.62. The zero-order chi connectivity index (χ0) is 19.8. The zero-order valence-electron chi connectivity index (χ0n) is 15.1. The number of aliphatic hydroxyl groups excluding tert-OH is 1. The molecule has 3 aromatic rings. The van der Waals surface area contributed by atoms with Crippen molar-refractivity contribution in [1.82, 2.24) is 4.90 Å². The van der Waals surface area contributed by atoms with Gasteiger partial charge in [0.15, 0.2) is 5.43 Å². The normalized spacial score (nSPS) is 15.9. The van der Waals surface area contributed by atoms with Gasteiger partial charge < -0.3 is 19.2 Å². The molecule has 1 aliphatic heterocycles. The number of amides is 1. The van der Waals surface area contributed by atoms with Crippen molar-refractivity contribution in [3.63, 3.8) is 0 Å². The highest BCUT2D eigenvalue weighted by molar-refractivity contribution is 6.31. The standard InChI is InChI=1S/C21H18ClNO5/c1-27-14-5-2-4-12(10-14)18-17-19(25)15-11-13(22)6-7-16(15)28-20(17)21(26)23(18)8-3-9-24/h2,4-7,10-11,18,24H,3,8-9H2,1H3. The molecule has 1 unspecified atom stereocenters. The molecule has 0 saturated carbocycles. The van der Waals surface area contributed by atoms with Crippen LogP contribution in [0.1, 0.15) is 34.1 Å². The summed E-state index contributed by atoms with van der Waals surface area (Å²) in [5.74, 6) is 0.282. The third-order valence-corrected chi connectivity index (χ3v) is 5.13. The highest BCUT2D eigenvalue weighted by Crippen LogP contribution is 2.39. The van der Waals surface area contributed by atoms with E-state index in [-0.39, 0.29) is 35.8 Å². The number of halogens is 1. The Morgan fingerprint density at radius 2 is 2.04 bits per heavy atom. The molecular weight excluding hydrogens is 382 g/mol. The Balaban J connectivity index is 1.97. The second kappa shape index (κ2) is 7.30. The molecule has 1 atom stereocenters. The molecule has 0 fully saturated rings. The lowest BCUT2D eigenvalue weighted by atomic mass is 9.98. The predicted molar refractivity (Wildman–Crippen MR) is 105 cm³/mol. The van der Waals surface area contributed by atoms with Gasteiger partial charge in [-0.1, -0.05) is 23.7 Å². The van der Waals surface area contributed by atoms with E-state index in [0.29, 0.717) is 28.2 Å². The molecule has 144 valence electrons. The highest BCUT2D eigenvalue weighted by Gasteiger charge is 2.42. The van der Waals surface area contributed by atoms with E-state index >= 15 is 0 Å². The quantitative estimate of drug-likeness (QED) is 0.711. The van der Waals surface area contributed by atoms with Crippen LogP contribution in [-0.2, 0) is 0 Å². The first-order valence-electron chi connectivity index (χ1n) is 8.87. The Kier molecular flexibility index (Phi) is 4.83. The van der Waals surface area contributed by atoms with E-state index < -0.39 is 6.04 Å². The number of hydrogen-bond donors (Lipinski definition) is 1. The van der Waals surface area contributed by atoms with Gasteiger partial charge in [-0.2, -0.15) is 0 Å². The van der Waals surface area contributed by atoms with Gasteiger partial charge in [-0.3, -0.25) is 9.59 Å². The monoisotopic (exact) mass is 399 g/mol. The van der Waals surface area contributed by atoms with Gasteiger partial charge in [-0.15, -0.1) is 0 Å². The minimum Gasteiger partial charge on any atom is -0.497 e. The number of methoxy groups -OCH3 is 1. The van der Waals surface area contributed by atoms with Gasteiger partial charge in [0.2, 0.25) is 5.76 Å². The summed E-state index contributed by atoms with van der Waals surface area (Å²) in [5, 5.41) is 10.00. The van der Waals surface area contributed by atoms with Crippen LogP contribution in [0.5, 0.6) is 5.75 Å². The van der Waals surface area contributed by atoms with E-state index in [2.05, 4.69) is 0 Å². The van der Waals surface area contributed by atoms with Crippen LogP contribution in [0.25, 0.3) is 11.0 Å². The summed E-state index contributed by atoms with van der Waals surface area (Å²) in [6, 6.07) is 11.4. The highest BCUT2D eigenvalue weighted by atomic mass is 35.5. The summed E-state index contributed by atoms with van der Waals surface area (Å²) < 4.78 is 11.1. The number of carbonyl (C=O) groups is 1. The van der Waals surface area contributed by atoms with Gasteiger partial charge in [-0.25, -0.2) is 0 Å². The van der Waals surface area contributed by atoms with E-state index in [1.54, 1.807) is 48.4 Å². The SMILES string of the molecule is COc1cccc(C2c3c(oc4ccc(Cl)cc4c3=O)C(=O)N2CCCO)c1. The number of rotatable bonds is 5. The molecule has 4 rings (SSSR count). The van der Waals surface area contributed by atoms with Crippen molar-refractivity contribution in [2.75, 3.05) is 20.3 Å². The fourth-order valence-corrected chi connectivity index (χ4v) is 3.79. The third kappa shape index (κ3) is 2.95. The summed E-state index contributed by atoms with van der Waals surface area (Å²) >= 11 is 6.06. The zero-order valence-corrected chi connectivity index (χ0v) is 15.9. The van der Waals surface area contributed by atoms with Crippen LogP contribution in [0.4, 0.5) is 0 Å². The van der Waals surface area contributed by atoms with Crippen molar-refractivity contribution in [3.05, 3.63) is 74.6 Å². The second-order valence-corrected chi connectivity index (χ2v) is 7.01. The molecule has 7 heteroatoms. The molecule has 0 spiro atoms. The summed E-state index contributed by atoms with van der Waals surface area (Å²) in [6.45, 7) is 0.224. The lowest BCUT2D eigenvalue weighted by molar-refractivity contribution is 0.0716. The fraction of sp³-hybridized carbons (Fsp3) is 0.238. The van der Waals surface area contributed by atoms with Crippen LogP contribution >= 0.6 is 11.6 Å². The van der Waals surface area contributed by atoms with Crippen LogP contribution < -0.4 is 10.2 Å². The Bertz CT molecular complexity index is 1120. The molecule has 2 heterocycles. The first-order chi connectivity index (χ1) is 13.5. The van der Waals surface area contributed by atoms with Crippen LogP contribution in [0.3, 0.4) is 0 Å². The van der Waals surface area contributed by atoms with Gasteiger partial charge >= 0.3 is 0 Å². The smallest absolute Gasteiger partial charge is 0.290 e. The van der Waals surface area contributed by atoms with Crippen molar-refractivity contribution >= 4 is 28.5 Å². The Labute approximate surface area is 165 Å². The van der Waals surface area contributed by atoms with Crippen LogP contribution in [0.2, 0.25) is 5.02 Å². The molecule has 0 bridgehead atoms. The average molecular weight is 400 g/mol. The topological polar surface area (TPSA) is 80.0 Å². The van der Waals surface area contributed by atoms with Crippen LogP contribution in [-0.4, -0.2) is 36.2 Å². The minimum atomic E-state index is -0.621. The predicted octanol–water partition coefficient (Wildman–Crippen LogP) is 3.38. The number of aliphatic hydroxyl groups is 1. The number of nitrogens with zero attached hydrogens (tertiary/aromatic N) is 1. The van der Waals surface area contributed by atoms with Crippen molar-refractivity contribution in [1.29, 1.82) is 0 Å². The van der Waals surface area contributed by atoms with Crippen LogP contribution in [0, 0.1) is 0 Å². The summed E-state index contributed by atoms with van der Waals surface area (Å²) in [7, 11) is 1.56. The molecule has 1 aromatic heterocycles. The van der Waals surface area contributed by atoms with E-state index in [0.717, 1.165) is 5.56 Å². The maximum atomic E-state index is 13.3. The van der Waals surface area contributed by atoms with Gasteiger partial charge in [0.1, 0.15) is 11.3 Å². The Hall–Kier alpha value is -2.83. The molecule has 0 aliphatic carbocycles. The van der Waals surface area contributed by atoms with Crippen molar-refractivity contribution in [3.8, 4) is 5.75 Å². The number of ether oxygens (including phenoxy) is 1. The number of fused-ring (bicyclic) bond motifs is 2. The minimum absolute atomic E-state index is 0.0329. The van der Waals surface area contributed by atoms with Crippen molar-refractivity contribution < 1.29 is 19.1 Å². The summed E-state index contributed by atoms with van der Waals surface area (Å²) in [5.41, 5.74) is 1.05. The average Bonchev–Trinajstić information content (AvgIpc) is 2.99. The van der Waals surface area contributed by atoms with Gasteiger partial charge in [0, 0.05) is 18.2 Å². The molecule has 28 heavy (non-hydrogen) atoms. The van der Waals surface area contributed by atoms with Crippen LogP contribution in [0.15, 0.2) is 51.7 Å². The molecular formula is C21H18ClNO5. The van der Waals surface area contributed by atoms with Crippen molar-refractivity contribution in [2.45, 2.75) is 12.5 Å². The summed E-state index contributed by atoms with van der Waals surface area (Å²) in [4.78, 5) is 27.9. The molecule has 0 saturated heterocycles. The van der Waals surface area contributed by atoms with E-state index in [4.69, 9.17) is 20.8 Å². The number of benzene rings is 2. The molecule has 0 radical (unpaired) electrons. The molecule has 1 aliphatic rings. The molecule has 1 amide bonds. The number of hydrogen-bond acceptors (Lipinski definition) is 5.